The first-order valence-corrected chi connectivity index (χ1v) is 16.7. The SMILES string of the molecule is CC(C)(C)c1cc(-c2ncnc3oc4c(ccc5ccoc54)c23)[c-]c2ccccc12.CCC(C)(CC)C(=O)/C=C(\O)C(C)(CC)CC.[Ir]. The fourth-order valence-corrected chi connectivity index (χ4v) is 5.96. The van der Waals surface area contributed by atoms with E-state index in [0.29, 0.717) is 11.3 Å². The summed E-state index contributed by atoms with van der Waals surface area (Å²) in [5, 5.41) is 15.3. The summed E-state index contributed by atoms with van der Waals surface area (Å²) in [7, 11) is 0. The second-order valence-electron chi connectivity index (χ2n) is 14.1. The maximum Gasteiger partial charge on any atom is 0.223 e. The van der Waals surface area contributed by atoms with Crippen molar-refractivity contribution < 1.29 is 38.8 Å². The molecule has 48 heavy (non-hydrogen) atoms. The van der Waals surface area contributed by atoms with Crippen molar-refractivity contribution in [1.29, 1.82) is 0 Å². The van der Waals surface area contributed by atoms with E-state index in [1.807, 2.05) is 59.7 Å². The molecule has 6 aromatic rings. The second-order valence-corrected chi connectivity index (χ2v) is 14.1. The molecular formula is C41H47IrN2O4-. The van der Waals surface area contributed by atoms with Gasteiger partial charge in [0.05, 0.1) is 6.26 Å². The van der Waals surface area contributed by atoms with Gasteiger partial charge in [-0.2, -0.15) is 0 Å². The molecule has 0 unspecified atom stereocenters. The normalized spacial score (nSPS) is 12.7. The Kier molecular flexibility index (Phi) is 11.1. The van der Waals surface area contributed by atoms with Gasteiger partial charge in [0.25, 0.3) is 0 Å². The molecule has 6 rings (SSSR count). The van der Waals surface area contributed by atoms with Crippen LogP contribution in [0.15, 0.2) is 81.8 Å². The van der Waals surface area contributed by atoms with E-state index in [2.05, 4.69) is 67.1 Å². The molecule has 3 heterocycles. The van der Waals surface area contributed by atoms with E-state index in [-0.39, 0.29) is 47.9 Å². The summed E-state index contributed by atoms with van der Waals surface area (Å²) in [6, 6.07) is 20.2. The number of allylic oxidation sites excluding steroid dienone is 2. The van der Waals surface area contributed by atoms with Gasteiger partial charge in [-0.15, -0.1) is 29.1 Å². The molecule has 0 fully saturated rings. The molecule has 7 heteroatoms. The molecule has 0 aliphatic rings. The third-order valence-corrected chi connectivity index (χ3v) is 10.3. The molecule has 255 valence electrons. The van der Waals surface area contributed by atoms with Crippen LogP contribution in [-0.4, -0.2) is 20.9 Å². The van der Waals surface area contributed by atoms with Crippen LogP contribution in [-0.2, 0) is 30.3 Å². The van der Waals surface area contributed by atoms with E-state index >= 15 is 0 Å². The Bertz CT molecular complexity index is 2090. The number of benzene rings is 3. The number of ketones is 1. The average molecular weight is 824 g/mol. The van der Waals surface area contributed by atoms with Gasteiger partial charge < -0.3 is 13.9 Å². The summed E-state index contributed by atoms with van der Waals surface area (Å²) in [6.07, 6.45) is 7.99. The van der Waals surface area contributed by atoms with Crippen LogP contribution in [0.3, 0.4) is 0 Å². The molecule has 1 N–H and O–H groups in total. The minimum Gasteiger partial charge on any atom is -0.512 e. The molecule has 0 aliphatic carbocycles. The largest absolute Gasteiger partial charge is 0.512 e. The standard InChI is InChI=1S/C26H19N2O2.C15H28O2.Ir/c1-26(2,3)20-13-17(12-16-6-4-5-7-18(16)20)22-21-19-9-8-15-10-11-29-23(15)24(19)30-25(21)28-14-27-22;1-7-14(5,8-2)12(16)11-13(17)15(6,9-3)10-4;/h4-11,13-14H,1-3H3;11,16H,7-10H2,1-6H3;/q-1;;/b;12-11-;. The Labute approximate surface area is 297 Å². The first kappa shape index (κ1) is 37.0. The van der Waals surface area contributed by atoms with Crippen molar-refractivity contribution >= 4 is 49.6 Å². The number of carbonyl (C=O) groups excluding carboxylic acids is 1. The fourth-order valence-electron chi connectivity index (χ4n) is 5.96. The smallest absolute Gasteiger partial charge is 0.223 e. The summed E-state index contributed by atoms with van der Waals surface area (Å²) >= 11 is 0. The molecule has 0 amide bonds. The van der Waals surface area contributed by atoms with Crippen LogP contribution in [0.1, 0.15) is 93.6 Å². The van der Waals surface area contributed by atoms with Crippen molar-refractivity contribution in [2.75, 3.05) is 0 Å². The fraction of sp³-hybridized carbons (Fsp3) is 0.390. The third-order valence-electron chi connectivity index (χ3n) is 10.3. The van der Waals surface area contributed by atoms with Crippen LogP contribution in [0, 0.1) is 16.9 Å². The number of aromatic nitrogens is 2. The quantitative estimate of drug-likeness (QED) is 0.0934. The maximum absolute atomic E-state index is 12.2. The predicted octanol–water partition coefficient (Wildman–Crippen LogP) is 11.7. The van der Waals surface area contributed by atoms with Gasteiger partial charge in [0.1, 0.15) is 12.1 Å². The molecule has 0 saturated heterocycles. The van der Waals surface area contributed by atoms with Gasteiger partial charge in [-0.3, -0.25) is 9.78 Å². The first-order chi connectivity index (χ1) is 22.3. The summed E-state index contributed by atoms with van der Waals surface area (Å²) < 4.78 is 11.8. The third kappa shape index (κ3) is 6.86. The van der Waals surface area contributed by atoms with E-state index in [9.17, 15) is 9.90 Å². The minimum atomic E-state index is -0.337. The maximum atomic E-state index is 12.2. The molecule has 0 saturated carbocycles. The summed E-state index contributed by atoms with van der Waals surface area (Å²) in [6.45, 7) is 18.8. The number of furan rings is 2. The Morgan fingerprint density at radius 2 is 1.52 bits per heavy atom. The zero-order chi connectivity index (χ0) is 34.1. The Morgan fingerprint density at radius 1 is 0.854 bits per heavy atom. The van der Waals surface area contributed by atoms with E-state index in [0.717, 1.165) is 64.1 Å². The molecule has 0 aliphatic heterocycles. The van der Waals surface area contributed by atoms with Crippen LogP contribution >= 0.6 is 0 Å². The molecule has 3 aromatic heterocycles. The molecule has 0 atom stereocenters. The number of nitrogens with zero attached hydrogens (tertiary/aromatic N) is 2. The Morgan fingerprint density at radius 3 is 2.17 bits per heavy atom. The monoisotopic (exact) mass is 824 g/mol. The predicted molar refractivity (Wildman–Crippen MR) is 193 cm³/mol. The number of hydrogen-bond acceptors (Lipinski definition) is 6. The number of rotatable bonds is 8. The van der Waals surface area contributed by atoms with Crippen molar-refractivity contribution in [3.8, 4) is 11.3 Å². The van der Waals surface area contributed by atoms with Crippen LogP contribution < -0.4 is 0 Å². The van der Waals surface area contributed by atoms with E-state index in [4.69, 9.17) is 8.83 Å². The van der Waals surface area contributed by atoms with Gasteiger partial charge in [-0.25, -0.2) is 4.98 Å². The summed E-state index contributed by atoms with van der Waals surface area (Å²) in [5.41, 5.74) is 4.38. The average Bonchev–Trinajstić information content (AvgIpc) is 3.71. The molecule has 3 aromatic carbocycles. The van der Waals surface area contributed by atoms with E-state index in [1.54, 1.807) is 12.6 Å². The van der Waals surface area contributed by atoms with Crippen LogP contribution in [0.25, 0.3) is 55.1 Å². The van der Waals surface area contributed by atoms with E-state index in [1.165, 1.54) is 17.0 Å². The number of aliphatic hydroxyl groups is 1. The zero-order valence-electron chi connectivity index (χ0n) is 29.6. The second kappa shape index (κ2) is 14.4. The van der Waals surface area contributed by atoms with Crippen molar-refractivity contribution in [3.63, 3.8) is 0 Å². The molecule has 1 radical (unpaired) electrons. The van der Waals surface area contributed by atoms with Gasteiger partial charge in [-0.1, -0.05) is 104 Å². The number of hydrogen-bond donors (Lipinski definition) is 1. The van der Waals surface area contributed by atoms with Gasteiger partial charge in [0.2, 0.25) is 5.71 Å². The van der Waals surface area contributed by atoms with Crippen LogP contribution in [0.5, 0.6) is 0 Å². The number of fused-ring (bicyclic) bond motifs is 6. The number of aliphatic hydroxyl groups excluding tert-OH is 1. The Hall–Kier alpha value is -3.80. The summed E-state index contributed by atoms with van der Waals surface area (Å²) in [5.74, 6) is 0.286. The molecule has 6 nitrogen and oxygen atoms in total. The van der Waals surface area contributed by atoms with Crippen LogP contribution in [0.4, 0.5) is 0 Å². The van der Waals surface area contributed by atoms with E-state index < -0.39 is 0 Å². The zero-order valence-corrected chi connectivity index (χ0v) is 32.0. The van der Waals surface area contributed by atoms with Crippen molar-refractivity contribution in [2.24, 2.45) is 10.8 Å². The molecule has 0 spiro atoms. The topological polar surface area (TPSA) is 89.4 Å². The van der Waals surface area contributed by atoms with Gasteiger partial charge in [0, 0.05) is 58.9 Å². The number of carbonyl (C=O) groups is 1. The van der Waals surface area contributed by atoms with Crippen molar-refractivity contribution in [2.45, 2.75) is 93.4 Å². The van der Waals surface area contributed by atoms with Crippen LogP contribution in [0.2, 0.25) is 0 Å². The van der Waals surface area contributed by atoms with Gasteiger partial charge in [-0.05, 0) is 37.2 Å². The van der Waals surface area contributed by atoms with Crippen molar-refractivity contribution in [1.82, 2.24) is 9.97 Å². The Balaban J connectivity index is 0.000000251. The van der Waals surface area contributed by atoms with Crippen molar-refractivity contribution in [3.05, 3.63) is 84.6 Å². The minimum absolute atomic E-state index is 0. The van der Waals surface area contributed by atoms with Gasteiger partial charge >= 0.3 is 0 Å². The molecule has 0 bridgehead atoms. The first-order valence-electron chi connectivity index (χ1n) is 16.7. The summed E-state index contributed by atoms with van der Waals surface area (Å²) in [4.78, 5) is 21.2. The molecular weight excluding hydrogens is 777 g/mol. The van der Waals surface area contributed by atoms with Gasteiger partial charge in [0.15, 0.2) is 16.9 Å².